The fraction of sp³-hybridized carbons (Fsp3) is 0.333. The van der Waals surface area contributed by atoms with Crippen molar-refractivity contribution in [3.05, 3.63) is 41.4 Å². The lowest BCUT2D eigenvalue weighted by atomic mass is 9.86. The van der Waals surface area contributed by atoms with Crippen LogP contribution in [0.4, 0.5) is 0 Å². The van der Waals surface area contributed by atoms with Crippen molar-refractivity contribution in [3.8, 4) is 0 Å². The number of ketones is 1. The van der Waals surface area contributed by atoms with E-state index in [9.17, 15) is 19.5 Å². The van der Waals surface area contributed by atoms with E-state index in [0.717, 1.165) is 4.90 Å². The lowest BCUT2D eigenvalue weighted by molar-refractivity contribution is -0.155. The van der Waals surface area contributed by atoms with Crippen LogP contribution in [0.3, 0.4) is 0 Å². The first-order valence-electron chi connectivity index (χ1n) is 7.08. The summed E-state index contributed by atoms with van der Waals surface area (Å²) in [6.07, 6.45) is -0.146. The van der Waals surface area contributed by atoms with E-state index in [1.807, 2.05) is 0 Å². The molecule has 2 aliphatic heterocycles. The zero-order valence-electron chi connectivity index (χ0n) is 12.3. The summed E-state index contributed by atoms with van der Waals surface area (Å²) in [6.45, 7) is 0. The van der Waals surface area contributed by atoms with Crippen LogP contribution in [0.5, 0.6) is 0 Å². The van der Waals surface area contributed by atoms with Crippen LogP contribution in [0, 0.1) is 0 Å². The molecular formula is C15H13N3O4S2. The summed E-state index contributed by atoms with van der Waals surface area (Å²) in [5.74, 6) is -2.96. The number of thiol groups is 2. The maximum Gasteiger partial charge on any atom is 0.424 e. The van der Waals surface area contributed by atoms with E-state index >= 15 is 0 Å². The molecular weight excluding hydrogens is 350 g/mol. The Hall–Kier alpha value is -2.09. The Morgan fingerprint density at radius 3 is 2.50 bits per heavy atom. The second-order valence-corrected chi connectivity index (χ2v) is 7.73. The smallest absolute Gasteiger partial charge is 0.424 e. The summed E-state index contributed by atoms with van der Waals surface area (Å²) in [6, 6.07) is 7.65. The number of benzene rings is 1. The van der Waals surface area contributed by atoms with Crippen molar-refractivity contribution in [2.24, 2.45) is 0 Å². The lowest BCUT2D eigenvalue weighted by Crippen LogP contribution is -2.62. The van der Waals surface area contributed by atoms with Crippen molar-refractivity contribution in [2.75, 3.05) is 0 Å². The average molecular weight is 363 g/mol. The average Bonchev–Trinajstić information content (AvgIpc) is 2.90. The van der Waals surface area contributed by atoms with Crippen molar-refractivity contribution in [2.45, 2.75) is 28.5 Å². The van der Waals surface area contributed by atoms with Crippen LogP contribution in [0.15, 0.2) is 30.3 Å². The van der Waals surface area contributed by atoms with E-state index in [4.69, 9.17) is 5.53 Å². The van der Waals surface area contributed by atoms with Gasteiger partial charge >= 0.3 is 17.6 Å². The highest BCUT2D eigenvalue weighted by Crippen LogP contribution is 2.53. The van der Waals surface area contributed by atoms with Gasteiger partial charge in [-0.2, -0.15) is 30.0 Å². The number of Topliss-reactive ketones (excluding diaryl/α,β-unsaturated/α-hetero) is 1. The van der Waals surface area contributed by atoms with Crippen LogP contribution < -0.4 is 0 Å². The number of carboxylic acid groups (broad SMARTS) is 1. The minimum atomic E-state index is -1.86. The molecule has 0 radical (unpaired) electrons. The number of fused-ring (bicyclic) bond motifs is 1. The molecule has 0 bridgehead atoms. The molecule has 3 rings (SSSR count). The van der Waals surface area contributed by atoms with Gasteiger partial charge in [-0.05, 0) is 5.56 Å². The van der Waals surface area contributed by atoms with E-state index in [1.54, 1.807) is 30.3 Å². The van der Waals surface area contributed by atoms with E-state index in [1.165, 1.54) is 0 Å². The second kappa shape index (κ2) is 5.47. The number of nitrogens with zero attached hydrogens (tertiary/aromatic N) is 3. The highest BCUT2D eigenvalue weighted by atomic mass is 32.2. The quantitative estimate of drug-likeness (QED) is 0.314. The summed E-state index contributed by atoms with van der Waals surface area (Å²) < 4.78 is -1.44. The summed E-state index contributed by atoms with van der Waals surface area (Å²) in [7, 11) is 0. The van der Waals surface area contributed by atoms with Crippen LogP contribution in [0.2, 0.25) is 0 Å². The summed E-state index contributed by atoms with van der Waals surface area (Å²) in [5, 5.41) is 9.97. The van der Waals surface area contributed by atoms with Crippen LogP contribution in [-0.4, -0.2) is 53.8 Å². The number of hydrogen-bond acceptors (Lipinski definition) is 5. The molecule has 2 aliphatic rings. The third-order valence-corrected chi connectivity index (χ3v) is 5.68. The molecule has 9 heteroatoms. The van der Waals surface area contributed by atoms with Crippen LogP contribution in [0.25, 0.3) is 5.53 Å². The first-order valence-corrected chi connectivity index (χ1v) is 7.97. The van der Waals surface area contributed by atoms with Gasteiger partial charge in [0.05, 0.1) is 4.08 Å². The molecule has 2 heterocycles. The Morgan fingerprint density at radius 1 is 1.33 bits per heavy atom. The van der Waals surface area contributed by atoms with E-state index in [-0.39, 0.29) is 12.8 Å². The third kappa shape index (κ3) is 2.05. The van der Waals surface area contributed by atoms with Gasteiger partial charge in [0.2, 0.25) is 0 Å². The highest BCUT2D eigenvalue weighted by Gasteiger charge is 2.73. The van der Waals surface area contributed by atoms with Gasteiger partial charge in [-0.3, -0.25) is 9.59 Å². The molecule has 2 fully saturated rings. The highest BCUT2D eigenvalue weighted by molar-refractivity contribution is 8.00. The molecule has 1 aromatic carbocycles. The van der Waals surface area contributed by atoms with Gasteiger partial charge in [-0.25, -0.2) is 4.79 Å². The number of carbonyl (C=O) groups excluding carboxylic acids is 2. The topological polar surface area (TPSA) is 111 Å². The molecule has 1 amide bonds. The van der Waals surface area contributed by atoms with Gasteiger partial charge in [0, 0.05) is 12.8 Å². The number of aliphatic carboxylic acids is 1. The molecule has 0 aliphatic carbocycles. The van der Waals surface area contributed by atoms with Gasteiger partial charge < -0.3 is 15.5 Å². The zero-order chi connectivity index (χ0) is 17.7. The summed E-state index contributed by atoms with van der Waals surface area (Å²) >= 11 is 8.76. The number of carboxylic acids is 1. The Balaban J connectivity index is 2.19. The molecule has 24 heavy (non-hydrogen) atoms. The Morgan fingerprint density at radius 2 is 1.96 bits per heavy atom. The van der Waals surface area contributed by atoms with Crippen molar-refractivity contribution in [3.63, 3.8) is 0 Å². The molecule has 1 aromatic rings. The number of hydrogen-bond donors (Lipinski definition) is 3. The fourth-order valence-corrected chi connectivity index (χ4v) is 4.36. The van der Waals surface area contributed by atoms with Crippen molar-refractivity contribution < 1.29 is 24.3 Å². The Bertz CT molecular complexity index is 804. The summed E-state index contributed by atoms with van der Waals surface area (Å²) in [5.41, 5.74) is 7.07. The van der Waals surface area contributed by atoms with Gasteiger partial charge in [0.25, 0.3) is 5.78 Å². The zero-order valence-corrected chi connectivity index (χ0v) is 14.1. The maximum atomic E-state index is 12.5. The van der Waals surface area contributed by atoms with Crippen LogP contribution >= 0.6 is 25.3 Å². The Labute approximate surface area is 148 Å². The van der Waals surface area contributed by atoms with E-state index < -0.39 is 39.0 Å². The molecule has 1 N–H and O–H groups in total. The molecule has 2 saturated heterocycles. The predicted molar refractivity (Wildman–Crippen MR) is 90.1 cm³/mol. The van der Waals surface area contributed by atoms with Crippen LogP contribution in [-0.2, 0) is 20.8 Å². The minimum Gasteiger partial charge on any atom is -0.479 e. The number of rotatable bonds is 3. The first kappa shape index (κ1) is 16.8. The molecule has 2 atom stereocenters. The SMILES string of the molecule is [N-]=[N+]=C1C(=O)C2CC(S)(S)C(Cc3ccccc3)(C(=O)O)N2C1=O. The predicted octanol–water partition coefficient (Wildman–Crippen LogP) is 0.463. The third-order valence-electron chi connectivity index (χ3n) is 4.58. The van der Waals surface area contributed by atoms with Crippen molar-refractivity contribution in [1.29, 1.82) is 0 Å². The monoisotopic (exact) mass is 363 g/mol. The Kier molecular flexibility index (Phi) is 3.82. The second-order valence-electron chi connectivity index (χ2n) is 5.85. The van der Waals surface area contributed by atoms with Crippen molar-refractivity contribution >= 4 is 48.6 Å². The normalized spacial score (nSPS) is 28.0. The van der Waals surface area contributed by atoms with E-state index in [2.05, 4.69) is 30.0 Å². The van der Waals surface area contributed by atoms with Gasteiger partial charge in [0.1, 0.15) is 6.04 Å². The standard InChI is InChI=1S/C15H13N3O4S2/c16-17-10-11(19)9-7-15(23,24)14(13(21)22,18(9)12(10)20)6-8-4-2-1-3-5-8/h1-5,9,23-24H,6-7H2,(H,21,22). The van der Waals surface area contributed by atoms with Crippen LogP contribution in [0.1, 0.15) is 12.0 Å². The minimum absolute atomic E-state index is 0.0675. The molecule has 2 unspecified atom stereocenters. The van der Waals surface area contributed by atoms with Gasteiger partial charge in [0.15, 0.2) is 5.54 Å². The largest absolute Gasteiger partial charge is 0.479 e. The maximum absolute atomic E-state index is 12.5. The molecule has 0 saturated carbocycles. The lowest BCUT2D eigenvalue weighted by Gasteiger charge is -2.40. The molecule has 0 spiro atoms. The number of amides is 1. The number of carbonyl (C=O) groups is 3. The molecule has 124 valence electrons. The summed E-state index contributed by atoms with van der Waals surface area (Å²) in [4.78, 5) is 40.7. The molecule has 7 nitrogen and oxygen atoms in total. The fourth-order valence-electron chi connectivity index (χ4n) is 3.45. The first-order chi connectivity index (χ1) is 11.3. The van der Waals surface area contributed by atoms with Gasteiger partial charge in [-0.1, -0.05) is 30.3 Å². The van der Waals surface area contributed by atoms with Crippen molar-refractivity contribution in [1.82, 2.24) is 4.90 Å². The van der Waals surface area contributed by atoms with E-state index in [0.29, 0.717) is 5.56 Å². The molecule has 0 aromatic heterocycles. The van der Waals surface area contributed by atoms with Gasteiger partial charge in [-0.15, -0.1) is 0 Å².